The van der Waals surface area contributed by atoms with Gasteiger partial charge in [-0.3, -0.25) is 0 Å². The monoisotopic (exact) mass is 339 g/mol. The lowest BCUT2D eigenvalue weighted by Crippen LogP contribution is -2.18. The molecule has 0 atom stereocenters. The van der Waals surface area contributed by atoms with Crippen molar-refractivity contribution in [2.45, 2.75) is 32.3 Å². The second-order valence-electron chi connectivity index (χ2n) is 6.17. The third-order valence-electron chi connectivity index (χ3n) is 4.62. The molecule has 0 fully saturated rings. The van der Waals surface area contributed by atoms with Gasteiger partial charge in [0, 0.05) is 16.1 Å². The van der Waals surface area contributed by atoms with E-state index in [1.807, 2.05) is 48.5 Å². The van der Waals surface area contributed by atoms with Gasteiger partial charge in [-0.05, 0) is 55.0 Å². The first-order valence-electron chi connectivity index (χ1n) is 8.27. The van der Waals surface area contributed by atoms with Crippen LogP contribution in [-0.2, 0) is 24.2 Å². The fourth-order valence-corrected chi connectivity index (χ4v) is 3.68. The van der Waals surface area contributed by atoms with Gasteiger partial charge in [-0.1, -0.05) is 41.9 Å². The highest BCUT2D eigenvalue weighted by atomic mass is 35.5. The van der Waals surface area contributed by atoms with Crippen molar-refractivity contribution >= 4 is 28.6 Å². The van der Waals surface area contributed by atoms with Crippen LogP contribution in [0.15, 0.2) is 48.5 Å². The standard InChI is InChI=1S/C20H18ClNO2/c21-15-10-11-19-17(12-15)16-8-4-5-9-18(16)22(19)20(23)24-13-14-6-2-1-3-7-14/h1-3,6-7,10-12H,4-5,8-9,13H2. The molecule has 0 amide bonds. The first-order chi connectivity index (χ1) is 11.7. The molecule has 24 heavy (non-hydrogen) atoms. The van der Waals surface area contributed by atoms with Crippen LogP contribution in [0, 0.1) is 0 Å². The van der Waals surface area contributed by atoms with E-state index in [4.69, 9.17) is 16.3 Å². The molecule has 0 radical (unpaired) electrons. The summed E-state index contributed by atoms with van der Waals surface area (Å²) in [6, 6.07) is 15.5. The Kier molecular flexibility index (Phi) is 4.03. The van der Waals surface area contributed by atoms with Crippen LogP contribution in [0.4, 0.5) is 4.79 Å². The van der Waals surface area contributed by atoms with Gasteiger partial charge in [-0.2, -0.15) is 0 Å². The number of hydrogen-bond acceptors (Lipinski definition) is 2. The van der Waals surface area contributed by atoms with E-state index in [9.17, 15) is 4.79 Å². The van der Waals surface area contributed by atoms with Gasteiger partial charge >= 0.3 is 6.09 Å². The third-order valence-corrected chi connectivity index (χ3v) is 4.86. The van der Waals surface area contributed by atoms with Crippen molar-refractivity contribution in [3.8, 4) is 0 Å². The van der Waals surface area contributed by atoms with Gasteiger partial charge in [-0.15, -0.1) is 0 Å². The highest BCUT2D eigenvalue weighted by molar-refractivity contribution is 6.31. The van der Waals surface area contributed by atoms with Crippen molar-refractivity contribution in [3.05, 3.63) is 70.4 Å². The van der Waals surface area contributed by atoms with Gasteiger partial charge in [0.1, 0.15) is 6.61 Å². The van der Waals surface area contributed by atoms with Gasteiger partial charge in [0.05, 0.1) is 5.52 Å². The summed E-state index contributed by atoms with van der Waals surface area (Å²) in [5.41, 5.74) is 4.20. The van der Waals surface area contributed by atoms with Crippen LogP contribution in [0.5, 0.6) is 0 Å². The van der Waals surface area contributed by atoms with E-state index in [1.54, 1.807) is 4.57 Å². The molecule has 122 valence electrons. The van der Waals surface area contributed by atoms with Crippen molar-refractivity contribution < 1.29 is 9.53 Å². The minimum atomic E-state index is -0.311. The summed E-state index contributed by atoms with van der Waals surface area (Å²) in [4.78, 5) is 12.8. The number of fused-ring (bicyclic) bond motifs is 3. The number of hydrogen-bond donors (Lipinski definition) is 0. The molecule has 4 rings (SSSR count). The van der Waals surface area contributed by atoms with Crippen LogP contribution in [0.1, 0.15) is 29.7 Å². The fraction of sp³-hybridized carbons (Fsp3) is 0.250. The maximum Gasteiger partial charge on any atom is 0.419 e. The summed E-state index contributed by atoms with van der Waals surface area (Å²) in [5.74, 6) is 0. The molecule has 0 spiro atoms. The lowest BCUT2D eigenvalue weighted by atomic mass is 9.96. The van der Waals surface area contributed by atoms with E-state index in [-0.39, 0.29) is 12.7 Å². The first kappa shape index (κ1) is 15.3. The van der Waals surface area contributed by atoms with Gasteiger partial charge < -0.3 is 4.74 Å². The predicted octanol–water partition coefficient (Wildman–Crippen LogP) is 5.36. The van der Waals surface area contributed by atoms with Crippen LogP contribution in [-0.4, -0.2) is 10.7 Å². The molecule has 0 bridgehead atoms. The summed E-state index contributed by atoms with van der Waals surface area (Å²) >= 11 is 6.17. The molecule has 1 aliphatic carbocycles. The van der Waals surface area contributed by atoms with Crippen molar-refractivity contribution in [3.63, 3.8) is 0 Å². The first-order valence-corrected chi connectivity index (χ1v) is 8.64. The number of carbonyl (C=O) groups excluding carboxylic acids is 1. The van der Waals surface area contributed by atoms with Gasteiger partial charge in [0.2, 0.25) is 0 Å². The smallest absolute Gasteiger partial charge is 0.419 e. The maximum absolute atomic E-state index is 12.8. The third kappa shape index (κ3) is 2.69. The number of aromatic nitrogens is 1. The number of aryl methyl sites for hydroxylation is 1. The van der Waals surface area contributed by atoms with Crippen molar-refractivity contribution in [1.82, 2.24) is 4.57 Å². The largest absolute Gasteiger partial charge is 0.444 e. The molecule has 1 aromatic heterocycles. The summed E-state index contributed by atoms with van der Waals surface area (Å²) < 4.78 is 7.31. The average molecular weight is 340 g/mol. The highest BCUT2D eigenvalue weighted by Gasteiger charge is 2.24. The maximum atomic E-state index is 12.8. The van der Waals surface area contributed by atoms with Crippen LogP contribution >= 0.6 is 11.6 Å². The van der Waals surface area contributed by atoms with Crippen LogP contribution in [0.2, 0.25) is 5.02 Å². The molecule has 1 heterocycles. The highest BCUT2D eigenvalue weighted by Crippen LogP contribution is 2.33. The Hall–Kier alpha value is -2.26. The lowest BCUT2D eigenvalue weighted by Gasteiger charge is -2.15. The second-order valence-corrected chi connectivity index (χ2v) is 6.61. The Balaban J connectivity index is 1.71. The second kappa shape index (κ2) is 6.33. The van der Waals surface area contributed by atoms with Crippen molar-refractivity contribution in [1.29, 1.82) is 0 Å². The zero-order chi connectivity index (χ0) is 16.5. The van der Waals surface area contributed by atoms with E-state index in [0.29, 0.717) is 5.02 Å². The number of nitrogens with zero attached hydrogens (tertiary/aromatic N) is 1. The quantitative estimate of drug-likeness (QED) is 0.629. The number of carbonyl (C=O) groups is 1. The molecular formula is C20H18ClNO2. The molecule has 0 saturated carbocycles. The summed E-state index contributed by atoms with van der Waals surface area (Å²) in [7, 11) is 0. The van der Waals surface area contributed by atoms with Gasteiger partial charge in [0.25, 0.3) is 0 Å². The molecule has 2 aromatic carbocycles. The van der Waals surface area contributed by atoms with Crippen molar-refractivity contribution in [2.75, 3.05) is 0 Å². The zero-order valence-corrected chi connectivity index (χ0v) is 14.1. The topological polar surface area (TPSA) is 31.2 Å². The number of rotatable bonds is 2. The van der Waals surface area contributed by atoms with Crippen LogP contribution < -0.4 is 0 Å². The summed E-state index contributed by atoms with van der Waals surface area (Å²) in [6.45, 7) is 0.279. The van der Waals surface area contributed by atoms with E-state index in [2.05, 4.69) is 0 Å². The molecule has 1 aliphatic rings. The van der Waals surface area contributed by atoms with Crippen LogP contribution in [0.25, 0.3) is 10.9 Å². The van der Waals surface area contributed by atoms with E-state index in [0.717, 1.165) is 47.8 Å². The number of ether oxygens (including phenoxy) is 1. The minimum Gasteiger partial charge on any atom is -0.444 e. The van der Waals surface area contributed by atoms with E-state index in [1.165, 1.54) is 5.56 Å². The Morgan fingerprint density at radius 3 is 2.71 bits per heavy atom. The molecule has 0 N–H and O–H groups in total. The van der Waals surface area contributed by atoms with Gasteiger partial charge in [0.15, 0.2) is 0 Å². The Morgan fingerprint density at radius 1 is 1.08 bits per heavy atom. The van der Waals surface area contributed by atoms with Gasteiger partial charge in [-0.25, -0.2) is 9.36 Å². The number of halogens is 1. The molecule has 0 aliphatic heterocycles. The Labute approximate surface area is 145 Å². The molecule has 3 aromatic rings. The zero-order valence-electron chi connectivity index (χ0n) is 13.3. The Bertz CT molecular complexity index is 899. The predicted molar refractivity (Wildman–Crippen MR) is 95.6 cm³/mol. The molecular weight excluding hydrogens is 322 g/mol. The number of benzene rings is 2. The van der Waals surface area contributed by atoms with E-state index < -0.39 is 0 Å². The van der Waals surface area contributed by atoms with Crippen LogP contribution in [0.3, 0.4) is 0 Å². The average Bonchev–Trinajstić information content (AvgIpc) is 2.94. The SMILES string of the molecule is O=C(OCc1ccccc1)n1c2c(c3cc(Cl)ccc31)CCCC2. The molecule has 0 saturated heterocycles. The minimum absolute atomic E-state index is 0.279. The normalized spacial score (nSPS) is 13.7. The summed E-state index contributed by atoms with van der Waals surface area (Å²) in [6.07, 6.45) is 3.84. The molecule has 0 unspecified atom stereocenters. The van der Waals surface area contributed by atoms with Crippen molar-refractivity contribution in [2.24, 2.45) is 0 Å². The molecule has 3 nitrogen and oxygen atoms in total. The lowest BCUT2D eigenvalue weighted by molar-refractivity contribution is 0.141. The molecule has 4 heteroatoms. The Morgan fingerprint density at radius 2 is 1.88 bits per heavy atom. The fourth-order valence-electron chi connectivity index (χ4n) is 3.51. The van der Waals surface area contributed by atoms with E-state index >= 15 is 0 Å². The summed E-state index contributed by atoms with van der Waals surface area (Å²) in [5, 5.41) is 1.78.